The van der Waals surface area contributed by atoms with Crippen LogP contribution in [0.1, 0.15) is 35.3 Å². The molecule has 1 aliphatic rings. The Balaban J connectivity index is 1.76. The lowest BCUT2D eigenvalue weighted by atomic mass is 9.99. The molecule has 0 radical (unpaired) electrons. The Labute approximate surface area is 213 Å². The van der Waals surface area contributed by atoms with Crippen LogP contribution in [0.4, 0.5) is 4.39 Å². The molecule has 1 saturated heterocycles. The van der Waals surface area contributed by atoms with Crippen molar-refractivity contribution in [3.63, 3.8) is 0 Å². The highest BCUT2D eigenvalue weighted by atomic mass is 19.1. The van der Waals surface area contributed by atoms with Gasteiger partial charge in [-0.3, -0.25) is 9.48 Å². The summed E-state index contributed by atoms with van der Waals surface area (Å²) in [4.78, 5) is 15.5. The fourth-order valence-corrected chi connectivity index (χ4v) is 5.04. The van der Waals surface area contributed by atoms with Gasteiger partial charge in [-0.2, -0.15) is 10.4 Å². The monoisotopic (exact) mass is 501 g/mol. The molecule has 0 aliphatic carbocycles. The molecule has 2 N–H and O–H groups in total. The summed E-state index contributed by atoms with van der Waals surface area (Å²) in [6, 6.07) is 13.6. The van der Waals surface area contributed by atoms with Gasteiger partial charge >= 0.3 is 0 Å². The van der Waals surface area contributed by atoms with Crippen molar-refractivity contribution in [2.24, 2.45) is 7.05 Å². The third kappa shape index (κ3) is 4.73. The van der Waals surface area contributed by atoms with Crippen molar-refractivity contribution in [1.82, 2.24) is 19.2 Å². The van der Waals surface area contributed by atoms with Crippen molar-refractivity contribution in [2.45, 2.75) is 31.9 Å². The van der Waals surface area contributed by atoms with Crippen LogP contribution in [-0.4, -0.2) is 61.2 Å². The van der Waals surface area contributed by atoms with Crippen LogP contribution in [0.2, 0.25) is 0 Å². The van der Waals surface area contributed by atoms with Gasteiger partial charge in [-0.15, -0.1) is 0 Å². The predicted molar refractivity (Wildman–Crippen MR) is 137 cm³/mol. The van der Waals surface area contributed by atoms with Crippen LogP contribution in [0.3, 0.4) is 0 Å². The molecule has 1 amide bonds. The number of hydrogen-bond donors (Lipinski definition) is 2. The summed E-state index contributed by atoms with van der Waals surface area (Å²) in [5, 5.41) is 34.6. The van der Waals surface area contributed by atoms with E-state index in [0.717, 1.165) is 35.7 Å². The molecule has 3 heterocycles. The predicted octanol–water partition coefficient (Wildman–Crippen LogP) is 3.70. The number of nitriles is 1. The summed E-state index contributed by atoms with van der Waals surface area (Å²) >= 11 is 0. The average Bonchev–Trinajstić information content (AvgIpc) is 3.47. The Bertz CT molecular complexity index is 1510. The number of aliphatic hydroxyl groups is 2. The van der Waals surface area contributed by atoms with E-state index < -0.39 is 18.5 Å². The molecular weight excluding hydrogens is 473 g/mol. The highest BCUT2D eigenvalue weighted by molar-refractivity contribution is 5.98. The van der Waals surface area contributed by atoms with Crippen molar-refractivity contribution in [3.05, 3.63) is 65.7 Å². The Morgan fingerprint density at radius 2 is 1.89 bits per heavy atom. The van der Waals surface area contributed by atoms with Crippen LogP contribution in [-0.2, 0) is 13.6 Å². The van der Waals surface area contributed by atoms with Crippen LogP contribution in [0.15, 0.2) is 48.7 Å². The van der Waals surface area contributed by atoms with E-state index in [1.807, 2.05) is 37.5 Å². The Hall–Kier alpha value is -4.00. The van der Waals surface area contributed by atoms with Crippen LogP contribution >= 0.6 is 0 Å². The molecule has 0 spiro atoms. The lowest BCUT2D eigenvalue weighted by molar-refractivity contribution is 0.0680. The molecular formula is C28H28FN5O3. The van der Waals surface area contributed by atoms with Crippen molar-refractivity contribution in [2.75, 3.05) is 19.7 Å². The SMILES string of the molecule is Cn1cc2cc(-c3c(-c4ccc(C#N)c(F)c4)cc(C(=O)N4CCCCC4)n3C[C@H](O)CO)ccc2n1. The zero-order chi connectivity index (χ0) is 26.1. The maximum atomic E-state index is 14.7. The highest BCUT2D eigenvalue weighted by Crippen LogP contribution is 2.38. The third-order valence-electron chi connectivity index (χ3n) is 6.86. The van der Waals surface area contributed by atoms with Gasteiger partial charge in [0.1, 0.15) is 17.6 Å². The highest BCUT2D eigenvalue weighted by Gasteiger charge is 2.28. The second-order valence-corrected chi connectivity index (χ2v) is 9.47. The Morgan fingerprint density at radius 3 is 2.59 bits per heavy atom. The summed E-state index contributed by atoms with van der Waals surface area (Å²) in [7, 11) is 1.83. The second-order valence-electron chi connectivity index (χ2n) is 9.47. The molecule has 9 heteroatoms. The van der Waals surface area contributed by atoms with Gasteiger partial charge in [0.15, 0.2) is 0 Å². The topological polar surface area (TPSA) is 107 Å². The number of rotatable bonds is 6. The smallest absolute Gasteiger partial charge is 0.270 e. The van der Waals surface area contributed by atoms with Gasteiger partial charge < -0.3 is 19.7 Å². The normalized spacial score (nSPS) is 14.6. The minimum atomic E-state index is -1.10. The van der Waals surface area contributed by atoms with E-state index >= 15 is 0 Å². The quantitative estimate of drug-likeness (QED) is 0.419. The minimum absolute atomic E-state index is 0.0232. The molecule has 1 aliphatic heterocycles. The summed E-state index contributed by atoms with van der Waals surface area (Å²) in [6.45, 7) is 0.788. The maximum Gasteiger partial charge on any atom is 0.270 e. The first-order chi connectivity index (χ1) is 17.9. The lowest BCUT2D eigenvalue weighted by Gasteiger charge is -2.27. The number of aliphatic hydroxyl groups excluding tert-OH is 2. The number of likely N-dealkylation sites (tertiary alicyclic amines) is 1. The molecule has 37 heavy (non-hydrogen) atoms. The summed E-state index contributed by atoms with van der Waals surface area (Å²) in [5.74, 6) is -0.824. The zero-order valence-electron chi connectivity index (χ0n) is 20.6. The fraction of sp³-hybridized carbons (Fsp3) is 0.321. The number of nitrogens with zero attached hydrogens (tertiary/aromatic N) is 5. The van der Waals surface area contributed by atoms with Crippen molar-refractivity contribution in [3.8, 4) is 28.5 Å². The third-order valence-corrected chi connectivity index (χ3v) is 6.86. The van der Waals surface area contributed by atoms with E-state index in [4.69, 9.17) is 0 Å². The number of halogens is 1. The van der Waals surface area contributed by atoms with E-state index in [1.54, 1.807) is 26.3 Å². The number of carbonyl (C=O) groups is 1. The second kappa shape index (κ2) is 10.2. The van der Waals surface area contributed by atoms with E-state index in [-0.39, 0.29) is 18.0 Å². The van der Waals surface area contributed by atoms with E-state index in [2.05, 4.69) is 5.10 Å². The molecule has 1 fully saturated rings. The van der Waals surface area contributed by atoms with Gasteiger partial charge in [0, 0.05) is 37.3 Å². The van der Waals surface area contributed by atoms with Crippen LogP contribution in [0.25, 0.3) is 33.3 Å². The Kier molecular flexibility index (Phi) is 6.78. The molecule has 8 nitrogen and oxygen atoms in total. The Morgan fingerprint density at radius 1 is 1.14 bits per heavy atom. The van der Waals surface area contributed by atoms with Gasteiger partial charge in [0.05, 0.1) is 36.0 Å². The molecule has 190 valence electrons. The molecule has 5 rings (SSSR count). The number of hydrogen-bond acceptors (Lipinski definition) is 5. The van der Waals surface area contributed by atoms with E-state index in [1.165, 1.54) is 12.1 Å². The molecule has 0 bridgehead atoms. The molecule has 2 aromatic carbocycles. The molecule has 2 aromatic heterocycles. The van der Waals surface area contributed by atoms with Crippen LogP contribution < -0.4 is 0 Å². The summed E-state index contributed by atoms with van der Waals surface area (Å²) in [5.41, 5.74) is 3.55. The van der Waals surface area contributed by atoms with Crippen LogP contribution in [0.5, 0.6) is 0 Å². The minimum Gasteiger partial charge on any atom is -0.394 e. The number of amides is 1. The number of aryl methyl sites for hydroxylation is 1. The first-order valence-electron chi connectivity index (χ1n) is 12.3. The van der Waals surface area contributed by atoms with Crippen molar-refractivity contribution in [1.29, 1.82) is 5.26 Å². The van der Waals surface area contributed by atoms with Gasteiger partial charge in [0.25, 0.3) is 5.91 Å². The number of aromatic nitrogens is 3. The van der Waals surface area contributed by atoms with Crippen LogP contribution in [0, 0.1) is 17.1 Å². The van der Waals surface area contributed by atoms with Gasteiger partial charge in [0.2, 0.25) is 0 Å². The number of fused-ring (bicyclic) bond motifs is 1. The summed E-state index contributed by atoms with van der Waals surface area (Å²) in [6.07, 6.45) is 3.69. The average molecular weight is 502 g/mol. The standard InChI is InChI=1S/C28H28FN5O3/c1-32-15-21-11-19(7-8-25(21)31-32)27-23(18-5-6-20(14-30)24(29)12-18)13-26(34(27)16-22(36)17-35)28(37)33-9-3-2-4-10-33/h5-8,11-13,15,22,35-36H,2-4,9-10,16-17H2,1H3/t22-/m0/s1. The first-order valence-corrected chi connectivity index (χ1v) is 12.3. The fourth-order valence-electron chi connectivity index (χ4n) is 5.04. The van der Waals surface area contributed by atoms with Crippen molar-refractivity contribution < 1.29 is 19.4 Å². The maximum absolute atomic E-state index is 14.7. The van der Waals surface area contributed by atoms with Crippen molar-refractivity contribution >= 4 is 16.8 Å². The summed E-state index contributed by atoms with van der Waals surface area (Å²) < 4.78 is 18.2. The zero-order valence-corrected chi connectivity index (χ0v) is 20.6. The number of carbonyl (C=O) groups excluding carboxylic acids is 1. The molecule has 0 saturated carbocycles. The molecule has 0 unspecified atom stereocenters. The van der Waals surface area contributed by atoms with Gasteiger partial charge in [-0.1, -0.05) is 12.1 Å². The lowest BCUT2D eigenvalue weighted by Crippen LogP contribution is -2.37. The van der Waals surface area contributed by atoms with E-state index in [9.17, 15) is 24.7 Å². The number of benzene rings is 2. The molecule has 1 atom stereocenters. The number of piperidine rings is 1. The van der Waals surface area contributed by atoms with Gasteiger partial charge in [-0.25, -0.2) is 4.39 Å². The largest absolute Gasteiger partial charge is 0.394 e. The first kappa shape index (κ1) is 24.7. The molecule has 4 aromatic rings. The van der Waals surface area contributed by atoms with E-state index in [0.29, 0.717) is 35.6 Å². The van der Waals surface area contributed by atoms with Gasteiger partial charge in [-0.05, 0) is 60.7 Å².